The molecular formula is C13H16N4S3. The number of rotatable bonds is 6. The molecule has 0 aliphatic rings. The quantitative estimate of drug-likeness (QED) is 0.700. The molecule has 20 heavy (non-hydrogen) atoms. The minimum absolute atomic E-state index is 0.846. The van der Waals surface area contributed by atoms with Gasteiger partial charge in [-0.25, -0.2) is 9.97 Å². The van der Waals surface area contributed by atoms with Gasteiger partial charge in [0.05, 0.1) is 5.69 Å². The SMILES string of the molecule is CCCNCc1c(Sc2nc(C)cs2)nc2sccn12. The van der Waals surface area contributed by atoms with Crippen molar-refractivity contribution in [2.24, 2.45) is 0 Å². The molecule has 0 saturated heterocycles. The Morgan fingerprint density at radius 2 is 2.25 bits per heavy atom. The van der Waals surface area contributed by atoms with Gasteiger partial charge < -0.3 is 5.32 Å². The van der Waals surface area contributed by atoms with E-state index in [1.54, 1.807) is 34.4 Å². The maximum atomic E-state index is 4.73. The van der Waals surface area contributed by atoms with Crippen LogP contribution >= 0.6 is 34.4 Å². The highest BCUT2D eigenvalue weighted by Crippen LogP contribution is 2.33. The average Bonchev–Trinajstić information content (AvgIpc) is 3.09. The fourth-order valence-corrected chi connectivity index (χ4v) is 4.56. The van der Waals surface area contributed by atoms with Crippen molar-refractivity contribution < 1.29 is 0 Å². The highest BCUT2D eigenvalue weighted by atomic mass is 32.2. The first-order valence-electron chi connectivity index (χ1n) is 6.53. The van der Waals surface area contributed by atoms with E-state index in [9.17, 15) is 0 Å². The van der Waals surface area contributed by atoms with Crippen molar-refractivity contribution in [3.05, 3.63) is 28.3 Å². The third-order valence-electron chi connectivity index (χ3n) is 2.83. The normalized spacial score (nSPS) is 11.5. The van der Waals surface area contributed by atoms with Gasteiger partial charge in [0.2, 0.25) is 0 Å². The first-order chi connectivity index (χ1) is 9.78. The van der Waals surface area contributed by atoms with E-state index in [0.29, 0.717) is 0 Å². The lowest BCUT2D eigenvalue weighted by molar-refractivity contribution is 0.653. The summed E-state index contributed by atoms with van der Waals surface area (Å²) in [6.07, 6.45) is 3.23. The van der Waals surface area contributed by atoms with E-state index >= 15 is 0 Å². The highest BCUT2D eigenvalue weighted by Gasteiger charge is 2.15. The molecule has 3 heterocycles. The van der Waals surface area contributed by atoms with E-state index in [4.69, 9.17) is 4.98 Å². The standard InChI is InChI=1S/C13H16N4S3/c1-3-4-14-7-10-11(16-12-17(10)5-6-18-12)20-13-15-9(2)8-19-13/h5-6,8,14H,3-4,7H2,1-2H3. The van der Waals surface area contributed by atoms with Crippen LogP contribution in [0.15, 0.2) is 26.3 Å². The van der Waals surface area contributed by atoms with Gasteiger partial charge in [-0.2, -0.15) is 0 Å². The maximum absolute atomic E-state index is 4.73. The first kappa shape index (κ1) is 14.1. The molecule has 0 unspecified atom stereocenters. The Bertz CT molecular complexity index is 697. The number of aryl methyl sites for hydroxylation is 1. The number of fused-ring (bicyclic) bond motifs is 1. The Labute approximate surface area is 130 Å². The first-order valence-corrected chi connectivity index (χ1v) is 9.10. The van der Waals surface area contributed by atoms with E-state index in [2.05, 4.69) is 38.6 Å². The van der Waals surface area contributed by atoms with Crippen molar-refractivity contribution in [1.29, 1.82) is 0 Å². The Morgan fingerprint density at radius 1 is 1.35 bits per heavy atom. The fraction of sp³-hybridized carbons (Fsp3) is 0.385. The molecule has 3 aromatic rings. The van der Waals surface area contributed by atoms with Crippen molar-refractivity contribution in [3.8, 4) is 0 Å². The maximum Gasteiger partial charge on any atom is 0.194 e. The molecule has 3 rings (SSSR count). The molecule has 0 fully saturated rings. The van der Waals surface area contributed by atoms with Crippen molar-refractivity contribution in [2.75, 3.05) is 6.54 Å². The summed E-state index contributed by atoms with van der Waals surface area (Å²) in [4.78, 5) is 10.3. The Balaban J connectivity index is 1.88. The molecule has 0 spiro atoms. The van der Waals surface area contributed by atoms with Crippen LogP contribution in [0.4, 0.5) is 0 Å². The summed E-state index contributed by atoms with van der Waals surface area (Å²) in [6, 6.07) is 0. The average molecular weight is 324 g/mol. The number of nitrogens with zero attached hydrogens (tertiary/aromatic N) is 3. The molecular weight excluding hydrogens is 308 g/mol. The van der Waals surface area contributed by atoms with Crippen molar-refractivity contribution >= 4 is 39.4 Å². The van der Waals surface area contributed by atoms with Crippen LogP contribution in [-0.4, -0.2) is 20.9 Å². The number of aromatic nitrogens is 3. The summed E-state index contributed by atoms with van der Waals surface area (Å²) in [5.74, 6) is 0. The molecule has 0 aliphatic carbocycles. The predicted octanol–water partition coefficient (Wildman–Crippen LogP) is 3.81. The van der Waals surface area contributed by atoms with Gasteiger partial charge in [-0.15, -0.1) is 22.7 Å². The summed E-state index contributed by atoms with van der Waals surface area (Å²) in [6.45, 7) is 6.07. The lowest BCUT2D eigenvalue weighted by atomic mass is 10.4. The van der Waals surface area contributed by atoms with E-state index in [1.807, 2.05) is 6.92 Å². The zero-order valence-electron chi connectivity index (χ0n) is 11.4. The molecule has 4 nitrogen and oxygen atoms in total. The van der Waals surface area contributed by atoms with Crippen molar-refractivity contribution in [3.63, 3.8) is 0 Å². The second-order valence-electron chi connectivity index (χ2n) is 4.45. The van der Waals surface area contributed by atoms with Gasteiger partial charge in [0, 0.05) is 29.2 Å². The Kier molecular flexibility index (Phi) is 4.40. The molecule has 0 saturated carbocycles. The van der Waals surface area contributed by atoms with Crippen molar-refractivity contribution in [1.82, 2.24) is 19.7 Å². The molecule has 0 atom stereocenters. The number of hydrogen-bond acceptors (Lipinski definition) is 6. The zero-order chi connectivity index (χ0) is 13.9. The summed E-state index contributed by atoms with van der Waals surface area (Å²) in [5.41, 5.74) is 2.30. The van der Waals surface area contributed by atoms with Gasteiger partial charge in [0.1, 0.15) is 5.03 Å². The smallest absolute Gasteiger partial charge is 0.194 e. The molecule has 1 N–H and O–H groups in total. The van der Waals surface area contributed by atoms with Crippen LogP contribution < -0.4 is 5.32 Å². The minimum Gasteiger partial charge on any atom is -0.311 e. The summed E-state index contributed by atoms with van der Waals surface area (Å²) in [5, 5.41) is 8.69. The van der Waals surface area contributed by atoms with Crippen LogP contribution in [0.25, 0.3) is 4.96 Å². The van der Waals surface area contributed by atoms with E-state index < -0.39 is 0 Å². The fourth-order valence-electron chi connectivity index (χ4n) is 1.90. The van der Waals surface area contributed by atoms with Gasteiger partial charge in [0.15, 0.2) is 9.30 Å². The number of nitrogens with one attached hydrogen (secondary N) is 1. The molecule has 0 aromatic carbocycles. The van der Waals surface area contributed by atoms with Crippen LogP contribution in [-0.2, 0) is 6.54 Å². The molecule has 106 valence electrons. The van der Waals surface area contributed by atoms with E-state index in [0.717, 1.165) is 39.5 Å². The van der Waals surface area contributed by atoms with Crippen LogP contribution in [0.3, 0.4) is 0 Å². The second kappa shape index (κ2) is 6.26. The summed E-state index contributed by atoms with van der Waals surface area (Å²) < 4.78 is 3.24. The van der Waals surface area contributed by atoms with Gasteiger partial charge >= 0.3 is 0 Å². The third-order valence-corrected chi connectivity index (χ3v) is 5.66. The lowest BCUT2D eigenvalue weighted by Gasteiger charge is -2.04. The lowest BCUT2D eigenvalue weighted by Crippen LogP contribution is -2.15. The molecule has 0 amide bonds. The Morgan fingerprint density at radius 3 is 3.00 bits per heavy atom. The van der Waals surface area contributed by atoms with Crippen LogP contribution in [0.5, 0.6) is 0 Å². The molecule has 0 radical (unpaired) electrons. The molecule has 0 bridgehead atoms. The molecule has 3 aromatic heterocycles. The van der Waals surface area contributed by atoms with E-state index in [-0.39, 0.29) is 0 Å². The van der Waals surface area contributed by atoms with Gasteiger partial charge in [-0.1, -0.05) is 6.92 Å². The summed E-state index contributed by atoms with van der Waals surface area (Å²) in [7, 11) is 0. The number of imidazole rings is 1. The molecule has 0 aliphatic heterocycles. The van der Waals surface area contributed by atoms with Crippen LogP contribution in [0.1, 0.15) is 24.7 Å². The Hall–Kier alpha value is -0.890. The van der Waals surface area contributed by atoms with E-state index in [1.165, 1.54) is 5.69 Å². The predicted molar refractivity (Wildman–Crippen MR) is 86.0 cm³/mol. The monoisotopic (exact) mass is 324 g/mol. The van der Waals surface area contributed by atoms with Gasteiger partial charge in [-0.05, 0) is 31.7 Å². The third kappa shape index (κ3) is 2.90. The van der Waals surface area contributed by atoms with Crippen molar-refractivity contribution in [2.45, 2.75) is 36.2 Å². The van der Waals surface area contributed by atoms with Gasteiger partial charge in [-0.3, -0.25) is 4.40 Å². The number of hydrogen-bond donors (Lipinski definition) is 1. The van der Waals surface area contributed by atoms with Crippen LogP contribution in [0, 0.1) is 6.92 Å². The zero-order valence-corrected chi connectivity index (χ0v) is 13.9. The van der Waals surface area contributed by atoms with Gasteiger partial charge in [0.25, 0.3) is 0 Å². The largest absolute Gasteiger partial charge is 0.311 e. The highest BCUT2D eigenvalue weighted by molar-refractivity contribution is 8.01. The van der Waals surface area contributed by atoms with Crippen LogP contribution in [0.2, 0.25) is 0 Å². The topological polar surface area (TPSA) is 42.2 Å². The number of thiazole rings is 2. The second-order valence-corrected chi connectivity index (χ2v) is 7.42. The summed E-state index contributed by atoms with van der Waals surface area (Å²) >= 11 is 5.02. The molecule has 7 heteroatoms. The minimum atomic E-state index is 0.846.